The number of hydrogen-bond donors (Lipinski definition) is 3. The van der Waals surface area contributed by atoms with Gasteiger partial charge in [0.1, 0.15) is 21.3 Å². The highest BCUT2D eigenvalue weighted by atomic mass is 35.5. The van der Waals surface area contributed by atoms with E-state index in [0.29, 0.717) is 95.3 Å². The smallest absolute Gasteiger partial charge is 0.256 e. The van der Waals surface area contributed by atoms with Crippen molar-refractivity contribution < 1.29 is 35.9 Å². The molecular weight excluding hydrogens is 1110 g/mol. The lowest BCUT2D eigenvalue weighted by molar-refractivity contribution is 0.0532. The molecule has 20 nitrogen and oxygen atoms in total. The fraction of sp³-hybridized carbons (Fsp3) is 0.458. The lowest BCUT2D eigenvalue weighted by Gasteiger charge is -2.38. The van der Waals surface area contributed by atoms with Crippen molar-refractivity contribution in [1.82, 2.24) is 44.3 Å². The zero-order valence-corrected chi connectivity index (χ0v) is 46.9. The number of likely N-dealkylation sites (tertiary alicyclic amines) is 2. The maximum absolute atomic E-state index is 13.9. The zero-order chi connectivity index (χ0) is 53.8. The van der Waals surface area contributed by atoms with Crippen LogP contribution in [-0.4, -0.2) is 146 Å². The van der Waals surface area contributed by atoms with E-state index in [-0.39, 0.29) is 63.4 Å². The number of aromatic nitrogens is 6. The van der Waals surface area contributed by atoms with Gasteiger partial charge in [-0.25, -0.2) is 31.3 Å². The summed E-state index contributed by atoms with van der Waals surface area (Å²) in [4.78, 5) is 41.9. The highest BCUT2D eigenvalue weighted by molar-refractivity contribution is 7.92. The van der Waals surface area contributed by atoms with E-state index in [1.807, 2.05) is 6.07 Å². The molecule has 2 aromatic carbocycles. The zero-order valence-electron chi connectivity index (χ0n) is 41.5. The van der Waals surface area contributed by atoms with Crippen LogP contribution in [-0.2, 0) is 29.5 Å². The van der Waals surface area contributed by atoms with Gasteiger partial charge >= 0.3 is 0 Å². The molecule has 75 heavy (non-hydrogen) atoms. The molecule has 27 heteroatoms. The van der Waals surface area contributed by atoms with E-state index >= 15 is 0 Å². The van der Waals surface area contributed by atoms with Crippen LogP contribution in [0.3, 0.4) is 0 Å². The normalized spacial score (nSPS) is 20.5. The third kappa shape index (κ3) is 14.4. The topological polar surface area (TPSA) is 227 Å². The molecule has 0 saturated carbocycles. The summed E-state index contributed by atoms with van der Waals surface area (Å²) in [6, 6.07) is 15.3. The van der Waals surface area contributed by atoms with Crippen LogP contribution < -0.4 is 19.7 Å². The SMILES string of the molecule is C1COCCN1.C[C@H]1CC[C@@H](c2cc3nc(Cl)cc(Cl)n3n2)N(C(=O)c2cc(Cl)ccc2NS(C)(=O)=O)C1.C[C@H]1CC[C@@H](c2cc3nc(Cl)cc(N4CCOCC4)n3n2)N(C(=O)c2cc(Cl)ccc2NS(C)(=O)=O)C1. The number of nitrogens with zero attached hydrogens (tertiary/aromatic N) is 9. The van der Waals surface area contributed by atoms with Crippen LogP contribution in [0.5, 0.6) is 0 Å². The van der Waals surface area contributed by atoms with Crippen LogP contribution in [0.15, 0.2) is 60.7 Å². The van der Waals surface area contributed by atoms with Crippen molar-refractivity contribution in [3.8, 4) is 0 Å². The van der Waals surface area contributed by atoms with Crippen LogP contribution in [0.2, 0.25) is 25.5 Å². The van der Waals surface area contributed by atoms with E-state index in [0.717, 1.165) is 57.5 Å². The first-order valence-electron chi connectivity index (χ1n) is 24.2. The number of sulfonamides is 2. The molecule has 4 aliphatic heterocycles. The Labute approximate surface area is 460 Å². The number of anilines is 3. The molecular formula is C48H57Cl5N12O8S2. The number of nitrogens with one attached hydrogen (secondary N) is 3. The number of hydrogen-bond acceptors (Lipinski definition) is 14. The van der Waals surface area contributed by atoms with Crippen LogP contribution in [0.1, 0.15) is 83.7 Å². The summed E-state index contributed by atoms with van der Waals surface area (Å²) < 4.78 is 66.1. The van der Waals surface area contributed by atoms with Gasteiger partial charge in [-0.15, -0.1) is 0 Å². The maximum atomic E-state index is 13.9. The lowest BCUT2D eigenvalue weighted by Crippen LogP contribution is -2.42. The number of fused-ring (bicyclic) bond motifs is 2. The maximum Gasteiger partial charge on any atom is 0.256 e. The van der Waals surface area contributed by atoms with Crippen molar-refractivity contribution in [1.29, 1.82) is 0 Å². The van der Waals surface area contributed by atoms with Gasteiger partial charge in [0.05, 0.1) is 84.9 Å². The number of piperidine rings is 2. The van der Waals surface area contributed by atoms with Crippen molar-refractivity contribution in [3.05, 3.63) is 109 Å². The summed E-state index contributed by atoms with van der Waals surface area (Å²) >= 11 is 31.0. The standard InChI is InChI=1S/C24H28Cl2N6O4S.C20H20Cl3N5O3S.C4H9NO/c1-15-3-6-20(31(14-15)24(33)17-11-16(25)4-5-18(17)29-37(2,34)35)19-12-22-27-21(26)13-23(32(22)28-19)30-7-9-36-10-8-30;1-11-3-6-16(15-8-19-24-17(22)9-18(23)28(19)25-15)27(10-11)20(29)13-7-12(21)4-5-14(13)26-32(2,30)31;1-3-6-4-2-5-1/h4-5,11-13,15,20,29H,3,6-10,14H2,1-2H3;4-5,7-9,11,16,26H,3,6,10H2,1-2H3;5H,1-4H2/t15-,20-;11-,16-;/m00./s1. The fourth-order valence-electron chi connectivity index (χ4n) is 9.38. The molecule has 0 spiro atoms. The molecule has 4 aromatic heterocycles. The van der Waals surface area contributed by atoms with Gasteiger partial charge < -0.3 is 29.5 Å². The third-order valence-electron chi connectivity index (χ3n) is 12.8. The summed E-state index contributed by atoms with van der Waals surface area (Å²) in [5.74, 6) is 0.681. The van der Waals surface area contributed by atoms with E-state index < -0.39 is 20.0 Å². The average molecular weight is 1170 g/mol. The van der Waals surface area contributed by atoms with E-state index in [4.69, 9.17) is 72.6 Å². The summed E-state index contributed by atoms with van der Waals surface area (Å²) in [7, 11) is -7.20. The first-order valence-corrected chi connectivity index (χ1v) is 29.8. The first kappa shape index (κ1) is 56.5. The summed E-state index contributed by atoms with van der Waals surface area (Å²) in [6.07, 6.45) is 5.26. The van der Waals surface area contributed by atoms with Crippen molar-refractivity contribution in [2.45, 2.75) is 51.6 Å². The first-order chi connectivity index (χ1) is 35.6. The van der Waals surface area contributed by atoms with E-state index in [9.17, 15) is 26.4 Å². The van der Waals surface area contributed by atoms with Gasteiger partial charge in [0.25, 0.3) is 11.8 Å². The number of carbonyl (C=O) groups excluding carboxylic acids is 2. The Morgan fingerprint density at radius 2 is 1.07 bits per heavy atom. The Bertz CT molecular complexity index is 3270. The predicted octanol–water partition coefficient (Wildman–Crippen LogP) is 8.14. The summed E-state index contributed by atoms with van der Waals surface area (Å²) in [5.41, 5.74) is 3.12. The Kier molecular flexibility index (Phi) is 18.3. The largest absolute Gasteiger partial charge is 0.379 e. The minimum Gasteiger partial charge on any atom is -0.379 e. The molecule has 0 bridgehead atoms. The molecule has 2 amide bonds. The Morgan fingerprint density at radius 3 is 1.52 bits per heavy atom. The van der Waals surface area contributed by atoms with Gasteiger partial charge in [0.2, 0.25) is 20.0 Å². The summed E-state index contributed by atoms with van der Waals surface area (Å²) in [5, 5.41) is 14.2. The van der Waals surface area contributed by atoms with Crippen LogP contribution >= 0.6 is 58.0 Å². The number of halogens is 5. The van der Waals surface area contributed by atoms with E-state index in [1.165, 1.54) is 40.9 Å². The van der Waals surface area contributed by atoms with Crippen molar-refractivity contribution in [2.75, 3.05) is 92.6 Å². The molecule has 404 valence electrons. The molecule has 3 N–H and O–H groups in total. The molecule has 0 unspecified atom stereocenters. The van der Waals surface area contributed by atoms with Gasteiger partial charge in [-0.05, 0) is 73.9 Å². The van der Waals surface area contributed by atoms with Gasteiger partial charge in [0, 0.05) is 73.6 Å². The quantitative estimate of drug-likeness (QED) is 0.116. The number of amides is 2. The molecule has 4 saturated heterocycles. The highest BCUT2D eigenvalue weighted by Crippen LogP contribution is 2.38. The molecule has 4 aliphatic rings. The molecule has 4 atom stereocenters. The van der Waals surface area contributed by atoms with Crippen LogP contribution in [0, 0.1) is 11.8 Å². The number of benzene rings is 2. The Balaban J connectivity index is 0.000000180. The third-order valence-corrected chi connectivity index (χ3v) is 15.1. The Morgan fingerprint density at radius 1 is 0.613 bits per heavy atom. The second-order valence-corrected chi connectivity index (χ2v) is 24.5. The summed E-state index contributed by atoms with van der Waals surface area (Å²) in [6.45, 7) is 11.6. The van der Waals surface area contributed by atoms with E-state index in [1.54, 1.807) is 32.5 Å². The minimum atomic E-state index is -3.60. The van der Waals surface area contributed by atoms with Gasteiger partial charge in [-0.2, -0.15) is 14.7 Å². The minimum absolute atomic E-state index is 0.171. The number of carbonyl (C=O) groups is 2. The average Bonchev–Trinajstić information content (AvgIpc) is 4.01. The highest BCUT2D eigenvalue weighted by Gasteiger charge is 2.37. The molecule has 10 rings (SSSR count). The fourth-order valence-corrected chi connectivity index (χ4v) is 11.5. The van der Waals surface area contributed by atoms with Crippen LogP contribution in [0.4, 0.5) is 17.2 Å². The monoisotopic (exact) mass is 1170 g/mol. The predicted molar refractivity (Wildman–Crippen MR) is 292 cm³/mol. The number of ether oxygens (including phenoxy) is 2. The van der Waals surface area contributed by atoms with Gasteiger partial charge in [0.15, 0.2) is 11.3 Å². The Hall–Kier alpha value is -4.75. The van der Waals surface area contributed by atoms with Gasteiger partial charge in [-0.3, -0.25) is 19.0 Å². The number of rotatable bonds is 9. The van der Waals surface area contributed by atoms with Gasteiger partial charge in [-0.1, -0.05) is 71.9 Å². The van der Waals surface area contributed by atoms with Crippen LogP contribution in [0.25, 0.3) is 11.3 Å². The lowest BCUT2D eigenvalue weighted by atomic mass is 9.91. The van der Waals surface area contributed by atoms with Crippen molar-refractivity contribution in [3.63, 3.8) is 0 Å². The van der Waals surface area contributed by atoms with Crippen molar-refractivity contribution in [2.24, 2.45) is 11.8 Å². The molecule has 0 aliphatic carbocycles. The molecule has 8 heterocycles. The molecule has 6 aromatic rings. The molecule has 4 fully saturated rings. The molecule has 0 radical (unpaired) electrons. The van der Waals surface area contributed by atoms with Crippen molar-refractivity contribution >= 4 is 118 Å². The number of morpholine rings is 2. The van der Waals surface area contributed by atoms with E-state index in [2.05, 4.69) is 48.6 Å². The second-order valence-electron chi connectivity index (χ2n) is 18.9. The second kappa shape index (κ2) is 24.3.